The Morgan fingerprint density at radius 3 is 2.69 bits per heavy atom. The minimum Gasteiger partial charge on any atom is -0.493 e. The minimum atomic E-state index is -0.402. The summed E-state index contributed by atoms with van der Waals surface area (Å²) >= 11 is 1.33. The van der Waals surface area contributed by atoms with Crippen molar-refractivity contribution in [1.29, 1.82) is 0 Å². The summed E-state index contributed by atoms with van der Waals surface area (Å²) in [4.78, 5) is 12.6. The van der Waals surface area contributed by atoms with Gasteiger partial charge in [-0.25, -0.2) is 4.79 Å². The SMILES string of the molecule is COc1cc(/C=N/Nc2ccccc2C)ccc1OC(=O)c1cccs1. The van der Waals surface area contributed by atoms with Crippen LogP contribution in [0.3, 0.4) is 0 Å². The van der Waals surface area contributed by atoms with Gasteiger partial charge in [0, 0.05) is 0 Å². The van der Waals surface area contributed by atoms with E-state index < -0.39 is 5.97 Å². The van der Waals surface area contributed by atoms with Gasteiger partial charge in [-0.2, -0.15) is 5.10 Å². The second-order valence-electron chi connectivity index (χ2n) is 5.46. The highest BCUT2D eigenvalue weighted by atomic mass is 32.1. The highest BCUT2D eigenvalue weighted by molar-refractivity contribution is 7.12. The van der Waals surface area contributed by atoms with E-state index in [0.717, 1.165) is 16.8 Å². The first kappa shape index (κ1) is 17.7. The average molecular weight is 366 g/mol. The summed E-state index contributed by atoms with van der Waals surface area (Å²) in [5.41, 5.74) is 5.88. The van der Waals surface area contributed by atoms with Crippen LogP contribution in [0.25, 0.3) is 0 Å². The Hall–Kier alpha value is -3.12. The van der Waals surface area contributed by atoms with Gasteiger partial charge in [-0.3, -0.25) is 5.43 Å². The Kier molecular flexibility index (Phi) is 5.66. The van der Waals surface area contributed by atoms with E-state index >= 15 is 0 Å². The predicted molar refractivity (Wildman–Crippen MR) is 105 cm³/mol. The Morgan fingerprint density at radius 1 is 1.12 bits per heavy atom. The maximum atomic E-state index is 12.1. The molecule has 0 aliphatic rings. The van der Waals surface area contributed by atoms with Crippen molar-refractivity contribution in [3.8, 4) is 11.5 Å². The number of hydrazone groups is 1. The van der Waals surface area contributed by atoms with Gasteiger partial charge in [-0.1, -0.05) is 24.3 Å². The summed E-state index contributed by atoms with van der Waals surface area (Å²) in [7, 11) is 1.53. The molecule has 3 rings (SSSR count). The zero-order valence-electron chi connectivity index (χ0n) is 14.4. The Bertz CT molecular complexity index is 921. The molecule has 1 N–H and O–H groups in total. The lowest BCUT2D eigenvalue weighted by Gasteiger charge is -2.09. The number of esters is 1. The van der Waals surface area contributed by atoms with Crippen LogP contribution in [-0.4, -0.2) is 19.3 Å². The second kappa shape index (κ2) is 8.31. The number of methoxy groups -OCH3 is 1. The van der Waals surface area contributed by atoms with Gasteiger partial charge < -0.3 is 9.47 Å². The van der Waals surface area contributed by atoms with Crippen LogP contribution in [0.5, 0.6) is 11.5 Å². The van der Waals surface area contributed by atoms with E-state index in [1.54, 1.807) is 30.5 Å². The number of aryl methyl sites for hydroxylation is 1. The van der Waals surface area contributed by atoms with Gasteiger partial charge in [0.15, 0.2) is 11.5 Å². The van der Waals surface area contributed by atoms with Crippen LogP contribution in [0.1, 0.15) is 20.8 Å². The predicted octanol–water partition coefficient (Wildman–Crippen LogP) is 4.73. The smallest absolute Gasteiger partial charge is 0.353 e. The van der Waals surface area contributed by atoms with Gasteiger partial charge >= 0.3 is 5.97 Å². The zero-order valence-corrected chi connectivity index (χ0v) is 15.2. The normalized spacial score (nSPS) is 10.7. The van der Waals surface area contributed by atoms with E-state index in [4.69, 9.17) is 9.47 Å². The van der Waals surface area contributed by atoms with Gasteiger partial charge in [0.1, 0.15) is 4.88 Å². The Labute approximate surface area is 155 Å². The van der Waals surface area contributed by atoms with Gasteiger partial charge in [0.25, 0.3) is 0 Å². The van der Waals surface area contributed by atoms with Gasteiger partial charge in [-0.05, 0) is 53.8 Å². The third kappa shape index (κ3) is 4.29. The van der Waals surface area contributed by atoms with Crippen molar-refractivity contribution in [2.24, 2.45) is 5.10 Å². The molecule has 0 aliphatic carbocycles. The Morgan fingerprint density at radius 2 is 1.96 bits per heavy atom. The molecule has 0 fully saturated rings. The van der Waals surface area contributed by atoms with E-state index in [1.807, 2.05) is 42.6 Å². The number of hydrogen-bond acceptors (Lipinski definition) is 6. The molecule has 0 atom stereocenters. The number of carbonyl (C=O) groups is 1. The number of para-hydroxylation sites is 1. The molecule has 0 saturated carbocycles. The van der Waals surface area contributed by atoms with Gasteiger partial charge in [0.2, 0.25) is 0 Å². The molecule has 0 spiro atoms. The molecule has 0 amide bonds. The first-order valence-corrected chi connectivity index (χ1v) is 8.84. The van der Waals surface area contributed by atoms with Crippen LogP contribution in [0.2, 0.25) is 0 Å². The van der Waals surface area contributed by atoms with Crippen molar-refractivity contribution in [3.63, 3.8) is 0 Å². The van der Waals surface area contributed by atoms with Crippen LogP contribution < -0.4 is 14.9 Å². The summed E-state index contributed by atoms with van der Waals surface area (Å²) < 4.78 is 10.7. The average Bonchev–Trinajstić information content (AvgIpc) is 3.19. The summed E-state index contributed by atoms with van der Waals surface area (Å²) in [6.45, 7) is 2.01. The number of thiophene rings is 1. The standard InChI is InChI=1S/C20H18N2O3S/c1-14-6-3-4-7-16(14)22-21-13-15-9-10-17(18(12-15)24-2)25-20(23)19-8-5-11-26-19/h3-13,22H,1-2H3/b21-13+. The molecule has 1 aromatic heterocycles. The topological polar surface area (TPSA) is 59.9 Å². The molecule has 132 valence electrons. The molecule has 3 aromatic rings. The minimum absolute atomic E-state index is 0.370. The van der Waals surface area contributed by atoms with Crippen molar-refractivity contribution in [3.05, 3.63) is 76.0 Å². The van der Waals surface area contributed by atoms with E-state index in [-0.39, 0.29) is 0 Å². The van der Waals surface area contributed by atoms with Crippen molar-refractivity contribution in [2.45, 2.75) is 6.92 Å². The van der Waals surface area contributed by atoms with E-state index in [0.29, 0.717) is 16.4 Å². The largest absolute Gasteiger partial charge is 0.493 e. The highest BCUT2D eigenvalue weighted by Gasteiger charge is 2.13. The number of anilines is 1. The molecule has 6 heteroatoms. The molecule has 0 radical (unpaired) electrons. The van der Waals surface area contributed by atoms with Gasteiger partial charge in [0.05, 0.1) is 19.0 Å². The quantitative estimate of drug-likeness (QED) is 0.296. The maximum Gasteiger partial charge on any atom is 0.353 e. The fourth-order valence-corrected chi connectivity index (χ4v) is 2.87. The second-order valence-corrected chi connectivity index (χ2v) is 6.41. The van der Waals surface area contributed by atoms with Crippen LogP contribution in [-0.2, 0) is 0 Å². The summed E-state index contributed by atoms with van der Waals surface area (Å²) in [5, 5.41) is 6.07. The zero-order chi connectivity index (χ0) is 18.4. The van der Waals surface area contributed by atoms with Crippen LogP contribution >= 0.6 is 11.3 Å². The lowest BCUT2D eigenvalue weighted by atomic mass is 10.2. The highest BCUT2D eigenvalue weighted by Crippen LogP contribution is 2.29. The van der Waals surface area contributed by atoms with E-state index in [1.165, 1.54) is 18.4 Å². The van der Waals surface area contributed by atoms with E-state index in [2.05, 4.69) is 10.5 Å². The summed E-state index contributed by atoms with van der Waals surface area (Å²) in [6, 6.07) is 16.7. The maximum absolute atomic E-state index is 12.1. The number of carbonyl (C=O) groups excluding carboxylic acids is 1. The summed E-state index contributed by atoms with van der Waals surface area (Å²) in [5.74, 6) is 0.436. The number of nitrogens with one attached hydrogen (secondary N) is 1. The van der Waals surface area contributed by atoms with Gasteiger partial charge in [-0.15, -0.1) is 11.3 Å². The fourth-order valence-electron chi connectivity index (χ4n) is 2.27. The third-order valence-corrected chi connectivity index (χ3v) is 4.51. The van der Waals surface area contributed by atoms with E-state index in [9.17, 15) is 4.79 Å². The van der Waals surface area contributed by atoms with Crippen molar-refractivity contribution < 1.29 is 14.3 Å². The molecule has 5 nitrogen and oxygen atoms in total. The molecule has 26 heavy (non-hydrogen) atoms. The molecule has 0 bridgehead atoms. The first-order chi connectivity index (χ1) is 12.7. The number of nitrogens with zero attached hydrogens (tertiary/aromatic N) is 1. The number of ether oxygens (including phenoxy) is 2. The lowest BCUT2D eigenvalue weighted by Crippen LogP contribution is -2.07. The van der Waals surface area contributed by atoms with Crippen molar-refractivity contribution >= 4 is 29.2 Å². The molecule has 0 unspecified atom stereocenters. The molecule has 1 heterocycles. The summed E-state index contributed by atoms with van der Waals surface area (Å²) in [6.07, 6.45) is 1.68. The number of rotatable bonds is 6. The van der Waals surface area contributed by atoms with Crippen LogP contribution in [0.4, 0.5) is 5.69 Å². The van der Waals surface area contributed by atoms with Crippen LogP contribution in [0, 0.1) is 6.92 Å². The molecular weight excluding hydrogens is 348 g/mol. The molecule has 2 aromatic carbocycles. The van der Waals surface area contributed by atoms with Crippen molar-refractivity contribution in [2.75, 3.05) is 12.5 Å². The Balaban J connectivity index is 1.71. The number of hydrogen-bond donors (Lipinski definition) is 1. The monoisotopic (exact) mass is 366 g/mol. The van der Waals surface area contributed by atoms with Crippen molar-refractivity contribution in [1.82, 2.24) is 0 Å². The fraction of sp³-hybridized carbons (Fsp3) is 0.100. The third-order valence-electron chi connectivity index (χ3n) is 3.66. The lowest BCUT2D eigenvalue weighted by molar-refractivity contribution is 0.0735. The molecule has 0 aliphatic heterocycles. The number of benzene rings is 2. The molecular formula is C20H18N2O3S. The molecule has 0 saturated heterocycles. The first-order valence-electron chi connectivity index (χ1n) is 7.96. The van der Waals surface area contributed by atoms with Crippen LogP contribution in [0.15, 0.2) is 65.1 Å².